The second-order valence-corrected chi connectivity index (χ2v) is 7.30. The maximum absolute atomic E-state index is 12.4. The molecule has 0 fully saturated rings. The molecule has 2 aromatic rings. The number of halogens is 1. The van der Waals surface area contributed by atoms with Crippen molar-refractivity contribution in [1.82, 2.24) is 8.61 Å². The maximum Gasteiger partial charge on any atom is 0.282 e. The van der Waals surface area contributed by atoms with E-state index < -0.39 is 10.2 Å². The number of rotatable bonds is 6. The monoisotopic (exact) mass is 328 g/mol. The molecule has 0 unspecified atom stereocenters. The van der Waals surface area contributed by atoms with Crippen LogP contribution in [0.4, 0.5) is 0 Å². The lowest BCUT2D eigenvalue weighted by atomic mass is 10.2. The van der Waals surface area contributed by atoms with Crippen molar-refractivity contribution >= 4 is 21.8 Å². The van der Waals surface area contributed by atoms with Crippen LogP contribution in [0.2, 0.25) is 5.02 Å². The minimum absolute atomic E-state index is 0.195. The minimum atomic E-state index is -3.55. The van der Waals surface area contributed by atoms with Gasteiger partial charge in [-0.25, -0.2) is 0 Å². The molecule has 0 spiro atoms. The van der Waals surface area contributed by atoms with Gasteiger partial charge in [0.1, 0.15) is 5.76 Å². The zero-order chi connectivity index (χ0) is 15.5. The lowest BCUT2D eigenvalue weighted by Crippen LogP contribution is -2.38. The van der Waals surface area contributed by atoms with Crippen LogP contribution in [0.15, 0.2) is 47.1 Å². The van der Waals surface area contributed by atoms with Crippen molar-refractivity contribution in [2.24, 2.45) is 0 Å². The van der Waals surface area contributed by atoms with Gasteiger partial charge >= 0.3 is 0 Å². The topological polar surface area (TPSA) is 53.8 Å². The largest absolute Gasteiger partial charge is 0.468 e. The Balaban J connectivity index is 2.05. The molecular weight excluding hydrogens is 312 g/mol. The third-order valence-electron chi connectivity index (χ3n) is 3.06. The highest BCUT2D eigenvalue weighted by Gasteiger charge is 2.24. The Morgan fingerprint density at radius 2 is 1.67 bits per heavy atom. The Kier molecular flexibility index (Phi) is 5.05. The second kappa shape index (κ2) is 6.62. The van der Waals surface area contributed by atoms with E-state index in [0.29, 0.717) is 10.8 Å². The van der Waals surface area contributed by atoms with Crippen LogP contribution in [0.25, 0.3) is 0 Å². The molecule has 0 saturated heterocycles. The van der Waals surface area contributed by atoms with E-state index in [4.69, 9.17) is 16.0 Å². The fourth-order valence-electron chi connectivity index (χ4n) is 1.87. The van der Waals surface area contributed by atoms with Gasteiger partial charge in [0.05, 0.1) is 12.8 Å². The zero-order valence-electron chi connectivity index (χ0n) is 11.9. The van der Waals surface area contributed by atoms with Crippen LogP contribution < -0.4 is 0 Å². The molecule has 0 aliphatic rings. The Labute approximate surface area is 129 Å². The van der Waals surface area contributed by atoms with Gasteiger partial charge < -0.3 is 4.42 Å². The number of furan rings is 1. The molecule has 0 aliphatic heterocycles. The molecule has 0 N–H and O–H groups in total. The highest BCUT2D eigenvalue weighted by molar-refractivity contribution is 7.86. The number of hydrogen-bond acceptors (Lipinski definition) is 3. The molecule has 0 atom stereocenters. The fraction of sp³-hybridized carbons (Fsp3) is 0.286. The van der Waals surface area contributed by atoms with Gasteiger partial charge in [-0.05, 0) is 29.8 Å². The summed E-state index contributed by atoms with van der Waals surface area (Å²) < 4.78 is 32.5. The van der Waals surface area contributed by atoms with Gasteiger partial charge in [-0.1, -0.05) is 23.7 Å². The van der Waals surface area contributed by atoms with Crippen LogP contribution in [0, 0.1) is 0 Å². The molecule has 0 aliphatic carbocycles. The first-order chi connectivity index (χ1) is 9.89. The summed E-state index contributed by atoms with van der Waals surface area (Å²) in [5.41, 5.74) is 0.872. The molecule has 1 aromatic carbocycles. The molecule has 0 saturated carbocycles. The van der Waals surface area contributed by atoms with Crippen LogP contribution in [0.5, 0.6) is 0 Å². The van der Waals surface area contributed by atoms with Crippen molar-refractivity contribution in [3.05, 3.63) is 59.0 Å². The van der Waals surface area contributed by atoms with E-state index in [0.717, 1.165) is 5.56 Å². The van der Waals surface area contributed by atoms with Gasteiger partial charge in [0, 0.05) is 25.7 Å². The summed E-state index contributed by atoms with van der Waals surface area (Å²) in [6.45, 7) is 0.474. The van der Waals surface area contributed by atoms with Crippen LogP contribution in [0.3, 0.4) is 0 Å². The van der Waals surface area contributed by atoms with Gasteiger partial charge in [-0.15, -0.1) is 0 Å². The minimum Gasteiger partial charge on any atom is -0.468 e. The Morgan fingerprint density at radius 3 is 2.24 bits per heavy atom. The van der Waals surface area contributed by atoms with E-state index in [2.05, 4.69) is 0 Å². The predicted octanol–water partition coefficient (Wildman–Crippen LogP) is 2.74. The van der Waals surface area contributed by atoms with Crippen LogP contribution in [0.1, 0.15) is 11.3 Å². The van der Waals surface area contributed by atoms with Crippen molar-refractivity contribution in [3.63, 3.8) is 0 Å². The molecule has 1 aromatic heterocycles. The van der Waals surface area contributed by atoms with Gasteiger partial charge in [0.25, 0.3) is 10.2 Å². The summed E-state index contributed by atoms with van der Waals surface area (Å²) in [6, 6.07) is 10.6. The summed E-state index contributed by atoms with van der Waals surface area (Å²) in [5, 5.41) is 0.624. The zero-order valence-corrected chi connectivity index (χ0v) is 13.4. The lowest BCUT2D eigenvalue weighted by Gasteiger charge is -2.23. The van der Waals surface area contributed by atoms with Gasteiger partial charge in [0.2, 0.25) is 0 Å². The number of nitrogens with zero attached hydrogens (tertiary/aromatic N) is 2. The second-order valence-electron chi connectivity index (χ2n) is 4.73. The summed E-state index contributed by atoms with van der Waals surface area (Å²) in [5.74, 6) is 0.598. The van der Waals surface area contributed by atoms with E-state index in [1.54, 1.807) is 43.4 Å². The van der Waals surface area contributed by atoms with Crippen molar-refractivity contribution in [2.75, 3.05) is 14.1 Å². The molecule has 0 bridgehead atoms. The van der Waals surface area contributed by atoms with Gasteiger partial charge in [0.15, 0.2) is 0 Å². The first-order valence-corrected chi connectivity index (χ1v) is 8.11. The van der Waals surface area contributed by atoms with E-state index in [1.165, 1.54) is 21.9 Å². The van der Waals surface area contributed by atoms with Crippen LogP contribution in [-0.2, 0) is 23.3 Å². The number of benzene rings is 1. The highest BCUT2D eigenvalue weighted by Crippen LogP contribution is 2.15. The van der Waals surface area contributed by atoms with Gasteiger partial charge in [-0.2, -0.15) is 17.0 Å². The normalized spacial score (nSPS) is 12.2. The molecule has 0 amide bonds. The first-order valence-electron chi connectivity index (χ1n) is 6.34. The fourth-order valence-corrected chi connectivity index (χ4v) is 3.07. The first kappa shape index (κ1) is 16.0. The maximum atomic E-state index is 12.4. The lowest BCUT2D eigenvalue weighted by molar-refractivity contribution is 0.361. The van der Waals surface area contributed by atoms with E-state index in [9.17, 15) is 8.42 Å². The molecule has 21 heavy (non-hydrogen) atoms. The Hall–Kier alpha value is -1.34. The van der Waals surface area contributed by atoms with Crippen molar-refractivity contribution in [1.29, 1.82) is 0 Å². The Morgan fingerprint density at radius 1 is 1.05 bits per heavy atom. The van der Waals surface area contributed by atoms with Crippen molar-refractivity contribution in [3.8, 4) is 0 Å². The Bertz CT molecular complexity index is 669. The highest BCUT2D eigenvalue weighted by atomic mass is 35.5. The van der Waals surface area contributed by atoms with Crippen LogP contribution in [-0.4, -0.2) is 31.1 Å². The molecule has 2 rings (SSSR count). The molecule has 1 heterocycles. The molecule has 5 nitrogen and oxygen atoms in total. The summed E-state index contributed by atoms with van der Waals surface area (Å²) in [4.78, 5) is 0. The van der Waals surface area contributed by atoms with Crippen LogP contribution >= 0.6 is 11.6 Å². The van der Waals surface area contributed by atoms with E-state index in [-0.39, 0.29) is 13.1 Å². The standard InChI is InChI=1S/C14H17ClN2O3S/c1-16(10-12-5-7-13(15)8-6-12)21(18,19)17(2)11-14-4-3-9-20-14/h3-9H,10-11H2,1-2H3. The molecular formula is C14H17ClN2O3S. The molecule has 7 heteroatoms. The van der Waals surface area contributed by atoms with E-state index >= 15 is 0 Å². The third kappa shape index (κ3) is 4.07. The predicted molar refractivity (Wildman–Crippen MR) is 82.0 cm³/mol. The smallest absolute Gasteiger partial charge is 0.282 e. The summed E-state index contributed by atoms with van der Waals surface area (Å²) in [7, 11) is -0.481. The van der Waals surface area contributed by atoms with Crippen molar-refractivity contribution in [2.45, 2.75) is 13.1 Å². The third-order valence-corrected chi connectivity index (χ3v) is 5.15. The van der Waals surface area contributed by atoms with E-state index in [1.807, 2.05) is 0 Å². The van der Waals surface area contributed by atoms with Gasteiger partial charge in [-0.3, -0.25) is 0 Å². The average Bonchev–Trinajstić information content (AvgIpc) is 2.94. The SMILES string of the molecule is CN(Cc1ccc(Cl)cc1)S(=O)(=O)N(C)Cc1ccco1. The summed E-state index contributed by atoms with van der Waals surface area (Å²) >= 11 is 5.82. The summed E-state index contributed by atoms with van der Waals surface area (Å²) in [6.07, 6.45) is 1.52. The number of hydrogen-bond donors (Lipinski definition) is 0. The molecule has 0 radical (unpaired) electrons. The van der Waals surface area contributed by atoms with Crippen molar-refractivity contribution < 1.29 is 12.8 Å². The average molecular weight is 329 g/mol. The quantitative estimate of drug-likeness (QED) is 0.819. The molecule has 114 valence electrons.